The Bertz CT molecular complexity index is 560. The van der Waals surface area contributed by atoms with Crippen molar-refractivity contribution in [1.82, 2.24) is 4.90 Å². The zero-order valence-corrected chi connectivity index (χ0v) is 15.1. The van der Waals surface area contributed by atoms with Gasteiger partial charge in [0.25, 0.3) is 0 Å². The van der Waals surface area contributed by atoms with Crippen LogP contribution in [0.25, 0.3) is 0 Å². The molecule has 0 bridgehead atoms. The van der Waals surface area contributed by atoms with Crippen molar-refractivity contribution in [2.45, 2.75) is 39.2 Å². The smallest absolute Gasteiger partial charge is 0.414 e. The van der Waals surface area contributed by atoms with Gasteiger partial charge in [-0.25, -0.2) is 4.79 Å². The lowest BCUT2D eigenvalue weighted by Crippen LogP contribution is -2.34. The molecule has 0 N–H and O–H groups in total. The molecule has 0 heterocycles. The second-order valence-electron chi connectivity index (χ2n) is 6.79. The van der Waals surface area contributed by atoms with E-state index in [9.17, 15) is 4.79 Å². The summed E-state index contributed by atoms with van der Waals surface area (Å²) < 4.78 is 5.35. The summed E-state index contributed by atoms with van der Waals surface area (Å²) in [6.45, 7) is 6.61. The predicted molar refractivity (Wildman–Crippen MR) is 95.7 cm³/mol. The topological polar surface area (TPSA) is 32.8 Å². The molecule has 0 atom stereocenters. The third-order valence-corrected chi connectivity index (χ3v) is 3.06. The van der Waals surface area contributed by atoms with E-state index in [0.717, 1.165) is 30.6 Å². The van der Waals surface area contributed by atoms with Crippen LogP contribution in [-0.2, 0) is 4.74 Å². The van der Waals surface area contributed by atoms with Crippen LogP contribution in [0.3, 0.4) is 0 Å². The van der Waals surface area contributed by atoms with E-state index in [-0.39, 0.29) is 6.09 Å². The molecule has 0 aliphatic rings. The molecule has 0 spiro atoms. The molecule has 0 aliphatic carbocycles. The molecular weight excluding hydrogens is 288 g/mol. The van der Waals surface area contributed by atoms with Crippen LogP contribution in [0.2, 0.25) is 0 Å². The maximum Gasteiger partial charge on any atom is 0.414 e. The number of anilines is 1. The van der Waals surface area contributed by atoms with Gasteiger partial charge in [0.1, 0.15) is 5.60 Å². The summed E-state index contributed by atoms with van der Waals surface area (Å²) in [5.41, 5.74) is 1.25. The van der Waals surface area contributed by atoms with Crippen molar-refractivity contribution in [3.63, 3.8) is 0 Å². The van der Waals surface area contributed by atoms with Gasteiger partial charge in [0.05, 0.1) is 0 Å². The maximum absolute atomic E-state index is 12.0. The van der Waals surface area contributed by atoms with Gasteiger partial charge in [-0.1, -0.05) is 11.8 Å². The highest BCUT2D eigenvalue weighted by molar-refractivity contribution is 5.87. The Morgan fingerprint density at radius 2 is 1.74 bits per heavy atom. The molecule has 0 fully saturated rings. The van der Waals surface area contributed by atoms with E-state index < -0.39 is 5.60 Å². The minimum absolute atomic E-state index is 0.361. The minimum Gasteiger partial charge on any atom is -0.443 e. The van der Waals surface area contributed by atoms with Crippen LogP contribution < -0.4 is 4.90 Å². The normalized spacial score (nSPS) is 10.9. The Balaban J connectivity index is 2.59. The van der Waals surface area contributed by atoms with Gasteiger partial charge in [-0.2, -0.15) is 0 Å². The van der Waals surface area contributed by atoms with Gasteiger partial charge in [-0.3, -0.25) is 4.90 Å². The fraction of sp³-hybridized carbons (Fsp3) is 0.526. The lowest BCUT2D eigenvalue weighted by atomic mass is 10.2. The molecule has 4 nitrogen and oxygen atoms in total. The second-order valence-corrected chi connectivity index (χ2v) is 6.79. The van der Waals surface area contributed by atoms with Crippen LogP contribution in [0.5, 0.6) is 0 Å². The quantitative estimate of drug-likeness (QED) is 0.626. The Morgan fingerprint density at radius 3 is 2.26 bits per heavy atom. The van der Waals surface area contributed by atoms with Gasteiger partial charge in [0.2, 0.25) is 0 Å². The van der Waals surface area contributed by atoms with Crippen molar-refractivity contribution in [2.24, 2.45) is 0 Å². The number of hydrogen-bond acceptors (Lipinski definition) is 3. The van der Waals surface area contributed by atoms with Gasteiger partial charge in [0.15, 0.2) is 0 Å². The fourth-order valence-corrected chi connectivity index (χ4v) is 1.85. The molecule has 1 rings (SSSR count). The van der Waals surface area contributed by atoms with E-state index >= 15 is 0 Å². The molecule has 0 saturated carbocycles. The number of carbonyl (C=O) groups is 1. The second kappa shape index (κ2) is 8.59. The average Bonchev–Trinajstić information content (AvgIpc) is 2.44. The van der Waals surface area contributed by atoms with Crippen LogP contribution >= 0.6 is 0 Å². The molecule has 0 aliphatic heterocycles. The maximum atomic E-state index is 12.0. The molecule has 1 aromatic rings. The number of nitrogens with zero attached hydrogens (tertiary/aromatic N) is 2. The molecule has 0 radical (unpaired) electrons. The largest absolute Gasteiger partial charge is 0.443 e. The first-order valence-corrected chi connectivity index (χ1v) is 7.89. The third kappa shape index (κ3) is 7.71. The number of ether oxygens (including phenoxy) is 1. The lowest BCUT2D eigenvalue weighted by molar-refractivity contribution is 0.0589. The summed E-state index contributed by atoms with van der Waals surface area (Å²) in [6, 6.07) is 7.62. The lowest BCUT2D eigenvalue weighted by Gasteiger charge is -2.24. The number of benzene rings is 1. The van der Waals surface area contributed by atoms with Crippen LogP contribution in [0, 0.1) is 11.8 Å². The third-order valence-electron chi connectivity index (χ3n) is 3.06. The van der Waals surface area contributed by atoms with Crippen molar-refractivity contribution in [1.29, 1.82) is 0 Å². The fourth-order valence-electron chi connectivity index (χ4n) is 1.85. The molecule has 4 heteroatoms. The Labute approximate surface area is 140 Å². The van der Waals surface area contributed by atoms with Crippen LogP contribution in [-0.4, -0.2) is 44.3 Å². The van der Waals surface area contributed by atoms with Gasteiger partial charge in [-0.15, -0.1) is 0 Å². The van der Waals surface area contributed by atoms with Crippen molar-refractivity contribution in [2.75, 3.05) is 32.6 Å². The van der Waals surface area contributed by atoms with E-state index in [1.807, 2.05) is 45.0 Å². The summed E-state index contributed by atoms with van der Waals surface area (Å²) in [4.78, 5) is 15.7. The number of unbranched alkanes of at least 4 members (excludes halogenated alkanes) is 1. The first kappa shape index (κ1) is 19.1. The van der Waals surface area contributed by atoms with E-state index in [1.54, 1.807) is 7.05 Å². The minimum atomic E-state index is -0.497. The Hall–Kier alpha value is -1.99. The molecule has 23 heavy (non-hydrogen) atoms. The average molecular weight is 316 g/mol. The van der Waals surface area contributed by atoms with Crippen molar-refractivity contribution >= 4 is 11.8 Å². The first-order valence-electron chi connectivity index (χ1n) is 7.89. The SMILES string of the molecule is CN(C)CCCC#Cc1ccc(N(C)C(=O)OC(C)(C)C)cc1. The van der Waals surface area contributed by atoms with E-state index in [1.165, 1.54) is 4.90 Å². The van der Waals surface area contributed by atoms with Gasteiger partial charge >= 0.3 is 6.09 Å². The zero-order chi connectivity index (χ0) is 17.5. The molecule has 0 unspecified atom stereocenters. The Morgan fingerprint density at radius 1 is 1.13 bits per heavy atom. The monoisotopic (exact) mass is 316 g/mol. The highest BCUT2D eigenvalue weighted by atomic mass is 16.6. The number of rotatable bonds is 4. The van der Waals surface area contributed by atoms with Crippen LogP contribution in [0.1, 0.15) is 39.2 Å². The molecular formula is C19H28N2O2. The summed E-state index contributed by atoms with van der Waals surface area (Å²) >= 11 is 0. The van der Waals surface area contributed by atoms with Crippen molar-refractivity contribution < 1.29 is 9.53 Å². The van der Waals surface area contributed by atoms with Crippen LogP contribution in [0.15, 0.2) is 24.3 Å². The molecule has 1 aromatic carbocycles. The van der Waals surface area contributed by atoms with Gasteiger partial charge < -0.3 is 9.64 Å². The van der Waals surface area contributed by atoms with E-state index in [2.05, 4.69) is 30.8 Å². The van der Waals surface area contributed by atoms with E-state index in [4.69, 9.17) is 4.74 Å². The standard InChI is InChI=1S/C19H28N2O2/c1-19(2,3)23-18(22)21(6)17-13-11-16(12-14-17)10-8-7-9-15-20(4)5/h11-14H,7,9,15H2,1-6H3. The molecule has 1 amide bonds. The highest BCUT2D eigenvalue weighted by Crippen LogP contribution is 2.17. The van der Waals surface area contributed by atoms with Crippen molar-refractivity contribution in [3.8, 4) is 11.8 Å². The highest BCUT2D eigenvalue weighted by Gasteiger charge is 2.20. The zero-order valence-electron chi connectivity index (χ0n) is 15.1. The molecule has 0 saturated heterocycles. The Kier molecular flexibility index (Phi) is 7.12. The summed E-state index contributed by atoms with van der Waals surface area (Å²) in [5.74, 6) is 6.33. The first-order chi connectivity index (χ1) is 10.7. The predicted octanol–water partition coefficient (Wildman–Crippen LogP) is 3.75. The number of hydrogen-bond donors (Lipinski definition) is 0. The van der Waals surface area contributed by atoms with Gasteiger partial charge in [0, 0.05) is 24.7 Å². The van der Waals surface area contributed by atoms with Crippen LogP contribution in [0.4, 0.5) is 10.5 Å². The van der Waals surface area contributed by atoms with Crippen molar-refractivity contribution in [3.05, 3.63) is 29.8 Å². The number of amides is 1. The summed E-state index contributed by atoms with van der Waals surface area (Å²) in [7, 11) is 5.83. The molecule has 126 valence electrons. The number of carbonyl (C=O) groups excluding carboxylic acids is 1. The van der Waals surface area contributed by atoms with Gasteiger partial charge in [-0.05, 0) is 72.1 Å². The molecule has 0 aromatic heterocycles. The van der Waals surface area contributed by atoms with E-state index in [0.29, 0.717) is 0 Å². The summed E-state index contributed by atoms with van der Waals surface area (Å²) in [6.07, 6.45) is 1.59. The summed E-state index contributed by atoms with van der Waals surface area (Å²) in [5, 5.41) is 0.